The Labute approximate surface area is 149 Å². The first-order valence-corrected chi connectivity index (χ1v) is 9.07. The Morgan fingerprint density at radius 2 is 2.04 bits per heavy atom. The lowest BCUT2D eigenvalue weighted by Gasteiger charge is -2.48. The van der Waals surface area contributed by atoms with E-state index in [1.807, 2.05) is 29.2 Å². The maximum atomic E-state index is 12.7. The molecule has 0 saturated carbocycles. The molecule has 2 aliphatic heterocycles. The average Bonchev–Trinajstić information content (AvgIpc) is 2.67. The van der Waals surface area contributed by atoms with E-state index in [2.05, 4.69) is 0 Å². The van der Waals surface area contributed by atoms with Crippen molar-refractivity contribution >= 4 is 5.91 Å². The van der Waals surface area contributed by atoms with Crippen molar-refractivity contribution in [2.24, 2.45) is 5.73 Å². The Balaban J connectivity index is 1.59. The number of carbonyl (C=O) groups is 1. The molecule has 6 nitrogen and oxygen atoms in total. The van der Waals surface area contributed by atoms with Crippen LogP contribution in [0.2, 0.25) is 0 Å². The summed E-state index contributed by atoms with van der Waals surface area (Å²) in [7, 11) is 1.76. The molecule has 1 unspecified atom stereocenters. The van der Waals surface area contributed by atoms with Gasteiger partial charge in [-0.2, -0.15) is 0 Å². The summed E-state index contributed by atoms with van der Waals surface area (Å²) < 4.78 is 17.2. The number of amides is 1. The van der Waals surface area contributed by atoms with Gasteiger partial charge in [0.2, 0.25) is 0 Å². The largest absolute Gasteiger partial charge is 0.492 e. The fraction of sp³-hybridized carbons (Fsp3) is 0.632. The molecule has 1 aromatic rings. The number of benzene rings is 1. The van der Waals surface area contributed by atoms with Crippen molar-refractivity contribution in [2.75, 3.05) is 40.0 Å². The molecular weight excluding hydrogens is 320 g/mol. The number of carbonyl (C=O) groups excluding carboxylic acids is 1. The van der Waals surface area contributed by atoms with E-state index in [0.717, 1.165) is 38.0 Å². The van der Waals surface area contributed by atoms with E-state index in [1.165, 1.54) is 0 Å². The molecule has 25 heavy (non-hydrogen) atoms. The molecule has 0 aromatic heterocycles. The first kappa shape index (κ1) is 18.2. The lowest BCUT2D eigenvalue weighted by atomic mass is 9.81. The molecule has 0 radical (unpaired) electrons. The normalized spacial score (nSPS) is 22.8. The number of likely N-dealkylation sites (tertiary alicyclic amines) is 1. The summed E-state index contributed by atoms with van der Waals surface area (Å²) in [6.45, 7) is 3.13. The van der Waals surface area contributed by atoms with Gasteiger partial charge in [0.05, 0.1) is 11.7 Å². The van der Waals surface area contributed by atoms with Gasteiger partial charge < -0.3 is 24.8 Å². The molecule has 138 valence electrons. The number of methoxy groups -OCH3 is 1. The molecule has 0 bridgehead atoms. The van der Waals surface area contributed by atoms with Crippen molar-refractivity contribution in [1.82, 2.24) is 4.90 Å². The molecule has 1 spiro atoms. The van der Waals surface area contributed by atoms with Gasteiger partial charge in [-0.25, -0.2) is 0 Å². The molecule has 2 fully saturated rings. The zero-order chi connectivity index (χ0) is 17.7. The van der Waals surface area contributed by atoms with Crippen molar-refractivity contribution in [1.29, 1.82) is 0 Å². The smallest absolute Gasteiger partial charge is 0.253 e. The number of rotatable bonds is 5. The number of piperidine rings is 1. The molecule has 1 aromatic carbocycles. The van der Waals surface area contributed by atoms with Gasteiger partial charge in [-0.1, -0.05) is 0 Å². The second-order valence-electron chi connectivity index (χ2n) is 6.73. The van der Waals surface area contributed by atoms with Crippen LogP contribution in [0.15, 0.2) is 24.3 Å². The number of nitrogens with two attached hydrogens (primary N) is 1. The first-order valence-electron chi connectivity index (χ1n) is 9.07. The van der Waals surface area contributed by atoms with Crippen LogP contribution in [0.4, 0.5) is 0 Å². The Bertz CT molecular complexity index is 567. The van der Waals surface area contributed by atoms with Crippen LogP contribution in [0.1, 0.15) is 36.0 Å². The van der Waals surface area contributed by atoms with E-state index in [4.69, 9.17) is 19.9 Å². The third kappa shape index (κ3) is 3.97. The van der Waals surface area contributed by atoms with Crippen LogP contribution in [0.5, 0.6) is 5.75 Å². The van der Waals surface area contributed by atoms with Gasteiger partial charge in [-0.3, -0.25) is 4.79 Å². The lowest BCUT2D eigenvalue weighted by Crippen LogP contribution is -2.56. The number of nitrogens with zero attached hydrogens (tertiary/aromatic N) is 1. The van der Waals surface area contributed by atoms with Gasteiger partial charge in [0.1, 0.15) is 12.4 Å². The monoisotopic (exact) mass is 348 g/mol. The summed E-state index contributed by atoms with van der Waals surface area (Å²) in [4.78, 5) is 14.6. The van der Waals surface area contributed by atoms with E-state index in [-0.39, 0.29) is 17.6 Å². The fourth-order valence-corrected chi connectivity index (χ4v) is 3.84. The van der Waals surface area contributed by atoms with E-state index in [1.54, 1.807) is 7.11 Å². The quantitative estimate of drug-likeness (QED) is 0.879. The maximum absolute atomic E-state index is 12.7. The number of ether oxygens (including phenoxy) is 3. The van der Waals surface area contributed by atoms with Crippen molar-refractivity contribution < 1.29 is 19.0 Å². The van der Waals surface area contributed by atoms with Crippen LogP contribution >= 0.6 is 0 Å². The third-order valence-corrected chi connectivity index (χ3v) is 5.26. The van der Waals surface area contributed by atoms with Gasteiger partial charge in [0.25, 0.3) is 5.91 Å². The van der Waals surface area contributed by atoms with Gasteiger partial charge >= 0.3 is 0 Å². The highest BCUT2D eigenvalue weighted by Crippen LogP contribution is 2.37. The first-order chi connectivity index (χ1) is 12.2. The highest BCUT2D eigenvalue weighted by Gasteiger charge is 2.45. The molecule has 2 heterocycles. The summed E-state index contributed by atoms with van der Waals surface area (Å²) in [5, 5.41) is 0. The van der Waals surface area contributed by atoms with Crippen LogP contribution in [0.3, 0.4) is 0 Å². The Hall–Kier alpha value is -1.63. The third-order valence-electron chi connectivity index (χ3n) is 5.26. The Kier molecular flexibility index (Phi) is 5.93. The van der Waals surface area contributed by atoms with Crippen LogP contribution in [-0.4, -0.2) is 62.5 Å². The molecule has 3 rings (SSSR count). The maximum Gasteiger partial charge on any atom is 0.253 e. The molecule has 1 atom stereocenters. The zero-order valence-corrected chi connectivity index (χ0v) is 14.9. The van der Waals surface area contributed by atoms with Crippen LogP contribution in [0, 0.1) is 0 Å². The molecule has 2 saturated heterocycles. The van der Waals surface area contributed by atoms with Crippen LogP contribution < -0.4 is 10.5 Å². The Morgan fingerprint density at radius 1 is 1.32 bits per heavy atom. The summed E-state index contributed by atoms with van der Waals surface area (Å²) in [5.41, 5.74) is 5.89. The molecule has 0 aliphatic carbocycles. The zero-order valence-electron chi connectivity index (χ0n) is 14.9. The van der Waals surface area contributed by atoms with Crippen molar-refractivity contribution in [3.05, 3.63) is 29.8 Å². The molecular formula is C19H28N2O4. The second-order valence-corrected chi connectivity index (χ2v) is 6.73. The highest BCUT2D eigenvalue weighted by atomic mass is 16.5. The van der Waals surface area contributed by atoms with Gasteiger partial charge in [0.15, 0.2) is 0 Å². The van der Waals surface area contributed by atoms with Crippen molar-refractivity contribution in [3.8, 4) is 5.75 Å². The molecule has 6 heteroatoms. The van der Waals surface area contributed by atoms with Crippen molar-refractivity contribution in [2.45, 2.75) is 37.4 Å². The molecule has 1 amide bonds. The van der Waals surface area contributed by atoms with Gasteiger partial charge in [-0.05, 0) is 49.9 Å². The van der Waals surface area contributed by atoms with E-state index >= 15 is 0 Å². The minimum absolute atomic E-state index is 0.0602. The van der Waals surface area contributed by atoms with Crippen LogP contribution in [-0.2, 0) is 9.47 Å². The van der Waals surface area contributed by atoms with Gasteiger partial charge in [-0.15, -0.1) is 0 Å². The predicted octanol–water partition coefficient (Wildman–Crippen LogP) is 1.82. The highest BCUT2D eigenvalue weighted by molar-refractivity contribution is 5.94. The minimum Gasteiger partial charge on any atom is -0.492 e. The second kappa shape index (κ2) is 8.17. The van der Waals surface area contributed by atoms with Crippen molar-refractivity contribution in [3.63, 3.8) is 0 Å². The molecule has 2 N–H and O–H groups in total. The van der Waals surface area contributed by atoms with E-state index < -0.39 is 0 Å². The number of hydrogen-bond donors (Lipinski definition) is 1. The average molecular weight is 348 g/mol. The molecule has 2 aliphatic rings. The van der Waals surface area contributed by atoms with Crippen LogP contribution in [0.25, 0.3) is 0 Å². The minimum atomic E-state index is -0.219. The summed E-state index contributed by atoms with van der Waals surface area (Å²) >= 11 is 0. The van der Waals surface area contributed by atoms with Gasteiger partial charge in [0, 0.05) is 38.9 Å². The summed E-state index contributed by atoms with van der Waals surface area (Å²) in [6.07, 6.45) is 3.87. The van der Waals surface area contributed by atoms with E-state index in [0.29, 0.717) is 31.8 Å². The predicted molar refractivity (Wildman–Crippen MR) is 94.8 cm³/mol. The lowest BCUT2D eigenvalue weighted by molar-refractivity contribution is -0.183. The van der Waals surface area contributed by atoms with E-state index in [9.17, 15) is 4.79 Å². The fourth-order valence-electron chi connectivity index (χ4n) is 3.84. The Morgan fingerprint density at radius 3 is 2.68 bits per heavy atom. The SMILES string of the molecule is COC1CCCOC12CCN(C(=O)c1ccc(OCCN)cc1)CC2. The number of hydrogen-bond acceptors (Lipinski definition) is 5. The summed E-state index contributed by atoms with van der Waals surface area (Å²) in [6, 6.07) is 7.26. The summed E-state index contributed by atoms with van der Waals surface area (Å²) in [5.74, 6) is 0.795. The topological polar surface area (TPSA) is 74.0 Å². The standard InChI is InChI=1S/C19H28N2O4/c1-23-17-3-2-13-25-19(17)8-11-21(12-9-19)18(22)15-4-6-16(7-5-15)24-14-10-20/h4-7,17H,2-3,8-14,20H2,1H3.